The molecule has 1 aliphatic carbocycles. The largest absolute Gasteiger partial charge is 0.379 e. The van der Waals surface area contributed by atoms with Crippen molar-refractivity contribution in [3.05, 3.63) is 47.4 Å². The Balaban J connectivity index is 1.19. The molecule has 3 aliphatic rings. The van der Waals surface area contributed by atoms with E-state index >= 15 is 0 Å². The van der Waals surface area contributed by atoms with Gasteiger partial charge in [-0.3, -0.25) is 25.0 Å². The number of piperidine rings is 1. The first-order chi connectivity index (χ1) is 18.1. The standard InChI is InChI=1S/C27H36BN7O2/c28-24-18-30-25(17-29)31-26(24)35(23-3-1-2-4-23)32-27(36)21-7-5-20(6-8-21)19-33-11-9-22(10-12-33)34-13-15-37-16-14-34/h5-8,18,22-23H,1-4,9-16,19,28H2,(H,32,36). The zero-order chi connectivity index (χ0) is 25.6. The number of anilines is 1. The lowest BCUT2D eigenvalue weighted by atomic mass is 9.98. The van der Waals surface area contributed by atoms with E-state index < -0.39 is 0 Å². The van der Waals surface area contributed by atoms with E-state index in [0.29, 0.717) is 17.4 Å². The number of ether oxygens (including phenoxy) is 1. The van der Waals surface area contributed by atoms with Crippen LogP contribution >= 0.6 is 0 Å². The van der Waals surface area contributed by atoms with Gasteiger partial charge in [-0.25, -0.2) is 9.97 Å². The van der Waals surface area contributed by atoms with E-state index in [9.17, 15) is 10.1 Å². The van der Waals surface area contributed by atoms with Gasteiger partial charge in [0, 0.05) is 37.4 Å². The van der Waals surface area contributed by atoms with E-state index in [1.165, 1.54) is 18.4 Å². The molecule has 1 aromatic carbocycles. The quantitative estimate of drug-likeness (QED) is 0.444. The van der Waals surface area contributed by atoms with Crippen LogP contribution in [-0.4, -0.2) is 85.0 Å². The fraction of sp³-hybridized carbons (Fsp3) is 0.556. The van der Waals surface area contributed by atoms with Gasteiger partial charge in [0.25, 0.3) is 5.91 Å². The van der Waals surface area contributed by atoms with Crippen molar-refractivity contribution in [3.63, 3.8) is 0 Å². The third kappa shape index (κ3) is 6.29. The molecule has 3 heterocycles. The van der Waals surface area contributed by atoms with Crippen LogP contribution in [0.5, 0.6) is 0 Å². The molecule has 1 aromatic heterocycles. The lowest BCUT2D eigenvalue weighted by molar-refractivity contribution is 0.000231. The first kappa shape index (κ1) is 25.6. The average molecular weight is 501 g/mol. The number of hydrogen-bond acceptors (Lipinski definition) is 8. The Labute approximate surface area is 220 Å². The van der Waals surface area contributed by atoms with Crippen LogP contribution in [0.15, 0.2) is 30.5 Å². The van der Waals surface area contributed by atoms with Crippen molar-refractivity contribution in [2.24, 2.45) is 0 Å². The van der Waals surface area contributed by atoms with Crippen LogP contribution in [0.25, 0.3) is 0 Å². The molecule has 1 saturated carbocycles. The molecule has 0 spiro atoms. The minimum absolute atomic E-state index is 0.108. The summed E-state index contributed by atoms with van der Waals surface area (Å²) in [6, 6.07) is 10.8. The predicted molar refractivity (Wildman–Crippen MR) is 144 cm³/mol. The number of hydrazine groups is 1. The van der Waals surface area contributed by atoms with Crippen molar-refractivity contribution in [1.82, 2.24) is 25.2 Å². The summed E-state index contributed by atoms with van der Waals surface area (Å²) in [4.78, 5) is 26.8. The normalized spacial score (nSPS) is 20.0. The van der Waals surface area contributed by atoms with E-state index in [4.69, 9.17) is 4.74 Å². The van der Waals surface area contributed by atoms with Crippen LogP contribution in [0.4, 0.5) is 5.82 Å². The summed E-state index contributed by atoms with van der Waals surface area (Å²) in [6.45, 7) is 6.94. The summed E-state index contributed by atoms with van der Waals surface area (Å²) >= 11 is 0. The number of morpholine rings is 1. The fourth-order valence-electron chi connectivity index (χ4n) is 5.79. The van der Waals surface area contributed by atoms with Gasteiger partial charge in [0.15, 0.2) is 0 Å². The van der Waals surface area contributed by atoms with Crippen molar-refractivity contribution in [2.75, 3.05) is 44.4 Å². The summed E-state index contributed by atoms with van der Waals surface area (Å²) in [6.07, 6.45) is 8.24. The Morgan fingerprint density at radius 2 is 1.81 bits per heavy atom. The topological polar surface area (TPSA) is 97.6 Å². The number of rotatable bonds is 7. The lowest BCUT2D eigenvalue weighted by Gasteiger charge is -2.40. The Morgan fingerprint density at radius 1 is 1.11 bits per heavy atom. The number of likely N-dealkylation sites (tertiary alicyclic amines) is 1. The highest BCUT2D eigenvalue weighted by atomic mass is 16.5. The van der Waals surface area contributed by atoms with Gasteiger partial charge in [-0.2, -0.15) is 5.26 Å². The first-order valence-corrected chi connectivity index (χ1v) is 13.6. The van der Waals surface area contributed by atoms with E-state index in [1.807, 2.05) is 31.1 Å². The lowest BCUT2D eigenvalue weighted by Crippen LogP contribution is -2.50. The number of nitriles is 1. The molecule has 2 aromatic rings. The van der Waals surface area contributed by atoms with Crippen molar-refractivity contribution in [1.29, 1.82) is 5.26 Å². The van der Waals surface area contributed by atoms with Gasteiger partial charge in [-0.05, 0) is 61.9 Å². The van der Waals surface area contributed by atoms with E-state index in [1.54, 1.807) is 6.20 Å². The summed E-state index contributed by atoms with van der Waals surface area (Å²) < 4.78 is 5.50. The van der Waals surface area contributed by atoms with Crippen molar-refractivity contribution in [3.8, 4) is 6.07 Å². The molecular formula is C27H36BN7O2. The van der Waals surface area contributed by atoms with Gasteiger partial charge in [-0.1, -0.05) is 25.0 Å². The van der Waals surface area contributed by atoms with Crippen LogP contribution in [0.1, 0.15) is 60.3 Å². The molecule has 194 valence electrons. The second-order valence-electron chi connectivity index (χ2n) is 10.4. The molecular weight excluding hydrogens is 465 g/mol. The fourth-order valence-corrected chi connectivity index (χ4v) is 5.79. The molecule has 10 heteroatoms. The van der Waals surface area contributed by atoms with Crippen LogP contribution in [0.3, 0.4) is 0 Å². The molecule has 37 heavy (non-hydrogen) atoms. The molecule has 5 rings (SSSR count). The number of nitrogens with zero attached hydrogens (tertiary/aromatic N) is 6. The van der Waals surface area contributed by atoms with Crippen LogP contribution in [0.2, 0.25) is 0 Å². The summed E-state index contributed by atoms with van der Waals surface area (Å²) in [5.74, 6) is 0.543. The Morgan fingerprint density at radius 3 is 2.49 bits per heavy atom. The highest BCUT2D eigenvalue weighted by Gasteiger charge is 2.28. The van der Waals surface area contributed by atoms with Gasteiger partial charge in [0.1, 0.15) is 19.7 Å². The predicted octanol–water partition coefficient (Wildman–Crippen LogP) is 0.997. The molecule has 3 fully saturated rings. The summed E-state index contributed by atoms with van der Waals surface area (Å²) in [5, 5.41) is 11.1. The second kappa shape index (κ2) is 12.0. The van der Waals surface area contributed by atoms with E-state index in [0.717, 1.165) is 77.1 Å². The highest BCUT2D eigenvalue weighted by molar-refractivity contribution is 6.35. The number of hydrogen-bond donors (Lipinski definition) is 1. The molecule has 2 saturated heterocycles. The number of nitrogens with one attached hydrogen (secondary N) is 1. The molecule has 0 radical (unpaired) electrons. The second-order valence-corrected chi connectivity index (χ2v) is 10.4. The minimum atomic E-state index is -0.165. The smallest absolute Gasteiger partial charge is 0.269 e. The summed E-state index contributed by atoms with van der Waals surface area (Å²) in [5.41, 5.74) is 5.76. The van der Waals surface area contributed by atoms with Crippen LogP contribution in [0, 0.1) is 11.3 Å². The first-order valence-electron chi connectivity index (χ1n) is 13.6. The van der Waals surface area contributed by atoms with Crippen LogP contribution < -0.4 is 15.9 Å². The van der Waals surface area contributed by atoms with Crippen LogP contribution in [-0.2, 0) is 11.3 Å². The monoisotopic (exact) mass is 501 g/mol. The van der Waals surface area contributed by atoms with Gasteiger partial charge >= 0.3 is 0 Å². The zero-order valence-electron chi connectivity index (χ0n) is 21.7. The van der Waals surface area contributed by atoms with Crippen molar-refractivity contribution >= 4 is 25.0 Å². The molecule has 2 aliphatic heterocycles. The Kier molecular flexibility index (Phi) is 8.34. The maximum absolute atomic E-state index is 13.3. The van der Waals surface area contributed by atoms with Gasteiger partial charge in [0.05, 0.1) is 19.3 Å². The van der Waals surface area contributed by atoms with Gasteiger partial charge in [0.2, 0.25) is 5.82 Å². The molecule has 1 N–H and O–H groups in total. The third-order valence-corrected chi connectivity index (χ3v) is 7.93. The number of carbonyl (C=O) groups excluding carboxylic acids is 1. The number of amides is 1. The average Bonchev–Trinajstić information content (AvgIpc) is 3.48. The molecule has 0 bridgehead atoms. The highest BCUT2D eigenvalue weighted by Crippen LogP contribution is 2.25. The number of aromatic nitrogens is 2. The molecule has 0 atom stereocenters. The molecule has 1 amide bonds. The van der Waals surface area contributed by atoms with Gasteiger partial charge in [-0.15, -0.1) is 0 Å². The Bertz CT molecular complexity index is 1100. The SMILES string of the molecule is Bc1cnc(C#N)nc1N(NC(=O)c1ccc(CN2CCC(N3CCOCC3)CC2)cc1)C1CCCC1. The minimum Gasteiger partial charge on any atom is -0.379 e. The third-order valence-electron chi connectivity index (χ3n) is 7.93. The molecule has 0 unspecified atom stereocenters. The van der Waals surface area contributed by atoms with Crippen molar-refractivity contribution < 1.29 is 9.53 Å². The van der Waals surface area contributed by atoms with Crippen molar-refractivity contribution in [2.45, 2.75) is 57.2 Å². The van der Waals surface area contributed by atoms with Gasteiger partial charge < -0.3 is 4.74 Å². The molecule has 9 nitrogen and oxygen atoms in total. The maximum Gasteiger partial charge on any atom is 0.269 e. The summed E-state index contributed by atoms with van der Waals surface area (Å²) in [7, 11) is 1.91. The zero-order valence-corrected chi connectivity index (χ0v) is 21.7. The Hall–Kier alpha value is -3.00. The maximum atomic E-state index is 13.3. The number of carbonyl (C=O) groups is 1. The van der Waals surface area contributed by atoms with E-state index in [2.05, 4.69) is 37.3 Å². The van der Waals surface area contributed by atoms with E-state index in [-0.39, 0.29) is 17.8 Å². The number of benzene rings is 1.